The maximum atomic E-state index is 10.0. The lowest BCUT2D eigenvalue weighted by Gasteiger charge is -2.15. The van der Waals surface area contributed by atoms with E-state index in [4.69, 9.17) is 18.9 Å². The first-order valence-electron chi connectivity index (χ1n) is 7.78. The number of ether oxygens (including phenoxy) is 4. The number of methoxy groups -OCH3 is 4. The summed E-state index contributed by atoms with van der Waals surface area (Å²) in [5.74, 6) is 2.85. The second kappa shape index (κ2) is 8.34. The van der Waals surface area contributed by atoms with Gasteiger partial charge < -0.3 is 24.1 Å². The van der Waals surface area contributed by atoms with Crippen molar-refractivity contribution in [2.45, 2.75) is 19.3 Å². The number of rotatable bonds is 8. The average Bonchev–Trinajstić information content (AvgIpc) is 2.62. The van der Waals surface area contributed by atoms with E-state index in [1.807, 2.05) is 24.3 Å². The SMILES string of the molecule is COc1ccc(CCCc2ccc(OC)c(OC)c2OC)c(O)c1. The van der Waals surface area contributed by atoms with Crippen LogP contribution in [0, 0.1) is 0 Å². The van der Waals surface area contributed by atoms with Gasteiger partial charge in [0.25, 0.3) is 0 Å². The summed E-state index contributed by atoms with van der Waals surface area (Å²) < 4.78 is 21.3. The molecule has 0 bridgehead atoms. The van der Waals surface area contributed by atoms with Gasteiger partial charge in [-0.05, 0) is 42.5 Å². The Hall–Kier alpha value is -2.56. The first-order valence-corrected chi connectivity index (χ1v) is 7.78. The Balaban J connectivity index is 2.09. The van der Waals surface area contributed by atoms with Crippen LogP contribution in [0.15, 0.2) is 30.3 Å². The largest absolute Gasteiger partial charge is 0.508 e. The average molecular weight is 332 g/mol. The molecule has 0 aliphatic carbocycles. The lowest BCUT2D eigenvalue weighted by molar-refractivity contribution is 0.322. The fourth-order valence-corrected chi connectivity index (χ4v) is 2.71. The van der Waals surface area contributed by atoms with Gasteiger partial charge in [0.2, 0.25) is 5.75 Å². The van der Waals surface area contributed by atoms with Crippen LogP contribution in [0.2, 0.25) is 0 Å². The molecule has 0 unspecified atom stereocenters. The molecule has 2 rings (SSSR count). The van der Waals surface area contributed by atoms with Crippen LogP contribution in [-0.2, 0) is 12.8 Å². The molecule has 0 aliphatic heterocycles. The first-order chi connectivity index (χ1) is 11.6. The van der Waals surface area contributed by atoms with Crippen LogP contribution in [0.1, 0.15) is 17.5 Å². The molecule has 0 atom stereocenters. The van der Waals surface area contributed by atoms with Gasteiger partial charge in [-0.15, -0.1) is 0 Å². The maximum absolute atomic E-state index is 10.0. The number of aromatic hydroxyl groups is 1. The molecule has 0 saturated carbocycles. The topological polar surface area (TPSA) is 57.2 Å². The predicted molar refractivity (Wildman–Crippen MR) is 92.8 cm³/mol. The molecule has 0 aliphatic rings. The van der Waals surface area contributed by atoms with Crippen LogP contribution < -0.4 is 18.9 Å². The standard InChI is InChI=1S/C19H24O5/c1-21-15-10-8-13(16(20)12-15)6-5-7-14-9-11-17(22-2)19(24-4)18(14)23-3/h8-12,20H,5-7H2,1-4H3. The van der Waals surface area contributed by atoms with Gasteiger partial charge in [-0.1, -0.05) is 12.1 Å². The molecule has 2 aromatic carbocycles. The van der Waals surface area contributed by atoms with E-state index < -0.39 is 0 Å². The molecule has 24 heavy (non-hydrogen) atoms. The molecule has 0 saturated heterocycles. The summed E-state index contributed by atoms with van der Waals surface area (Å²) in [7, 11) is 6.40. The van der Waals surface area contributed by atoms with E-state index in [0.29, 0.717) is 23.0 Å². The van der Waals surface area contributed by atoms with Crippen LogP contribution in [0.4, 0.5) is 0 Å². The maximum Gasteiger partial charge on any atom is 0.203 e. The van der Waals surface area contributed by atoms with Gasteiger partial charge in [-0.25, -0.2) is 0 Å². The molecule has 0 radical (unpaired) electrons. The molecule has 5 heteroatoms. The lowest BCUT2D eigenvalue weighted by Crippen LogP contribution is -2.00. The molecular formula is C19H24O5. The highest BCUT2D eigenvalue weighted by Gasteiger charge is 2.15. The second-order valence-corrected chi connectivity index (χ2v) is 5.34. The van der Waals surface area contributed by atoms with Gasteiger partial charge in [0.15, 0.2) is 11.5 Å². The molecule has 2 aromatic rings. The Morgan fingerprint density at radius 2 is 1.42 bits per heavy atom. The Morgan fingerprint density at radius 3 is 2.00 bits per heavy atom. The van der Waals surface area contributed by atoms with E-state index in [-0.39, 0.29) is 5.75 Å². The minimum Gasteiger partial charge on any atom is -0.508 e. The van der Waals surface area contributed by atoms with E-state index >= 15 is 0 Å². The minimum absolute atomic E-state index is 0.258. The molecule has 1 N–H and O–H groups in total. The molecule has 130 valence electrons. The third-order valence-electron chi connectivity index (χ3n) is 3.97. The van der Waals surface area contributed by atoms with Crippen molar-refractivity contribution in [3.05, 3.63) is 41.5 Å². The summed E-state index contributed by atoms with van der Waals surface area (Å²) in [4.78, 5) is 0. The summed E-state index contributed by atoms with van der Waals surface area (Å²) in [6.07, 6.45) is 2.42. The van der Waals surface area contributed by atoms with Crippen molar-refractivity contribution in [1.82, 2.24) is 0 Å². The van der Waals surface area contributed by atoms with Gasteiger partial charge in [0.05, 0.1) is 28.4 Å². The molecular weight excluding hydrogens is 308 g/mol. The Kier molecular flexibility index (Phi) is 6.18. The van der Waals surface area contributed by atoms with E-state index in [1.54, 1.807) is 34.5 Å². The summed E-state index contributed by atoms with van der Waals surface area (Å²) in [5.41, 5.74) is 1.94. The number of benzene rings is 2. The van der Waals surface area contributed by atoms with Crippen molar-refractivity contribution >= 4 is 0 Å². The number of phenolic OH excluding ortho intramolecular Hbond substituents is 1. The van der Waals surface area contributed by atoms with Crippen LogP contribution in [-0.4, -0.2) is 33.5 Å². The van der Waals surface area contributed by atoms with E-state index in [1.165, 1.54) is 0 Å². The van der Waals surface area contributed by atoms with Crippen LogP contribution in [0.25, 0.3) is 0 Å². The van der Waals surface area contributed by atoms with Crippen LogP contribution >= 0.6 is 0 Å². The Labute approximate surface area is 142 Å². The molecule has 0 amide bonds. The van der Waals surface area contributed by atoms with Gasteiger partial charge in [-0.3, -0.25) is 0 Å². The normalized spacial score (nSPS) is 10.3. The number of hydrogen-bond donors (Lipinski definition) is 1. The molecule has 0 spiro atoms. The van der Waals surface area contributed by atoms with Crippen molar-refractivity contribution in [3.63, 3.8) is 0 Å². The Morgan fingerprint density at radius 1 is 0.750 bits per heavy atom. The second-order valence-electron chi connectivity index (χ2n) is 5.34. The monoisotopic (exact) mass is 332 g/mol. The van der Waals surface area contributed by atoms with Gasteiger partial charge in [0.1, 0.15) is 11.5 Å². The van der Waals surface area contributed by atoms with E-state index in [9.17, 15) is 5.11 Å². The van der Waals surface area contributed by atoms with Crippen molar-refractivity contribution in [1.29, 1.82) is 0 Å². The fraction of sp³-hybridized carbons (Fsp3) is 0.368. The van der Waals surface area contributed by atoms with E-state index in [0.717, 1.165) is 30.4 Å². The smallest absolute Gasteiger partial charge is 0.203 e. The summed E-state index contributed by atoms with van der Waals surface area (Å²) >= 11 is 0. The van der Waals surface area contributed by atoms with E-state index in [2.05, 4.69) is 0 Å². The zero-order valence-corrected chi connectivity index (χ0v) is 14.6. The number of hydrogen-bond acceptors (Lipinski definition) is 5. The number of aryl methyl sites for hydroxylation is 2. The Bertz CT molecular complexity index is 682. The first kappa shape index (κ1) is 17.8. The molecule has 0 aromatic heterocycles. The molecule has 0 fully saturated rings. The molecule has 5 nitrogen and oxygen atoms in total. The zero-order valence-electron chi connectivity index (χ0n) is 14.6. The predicted octanol–water partition coefficient (Wildman–Crippen LogP) is 3.60. The summed E-state index contributed by atoms with van der Waals surface area (Å²) in [6.45, 7) is 0. The summed E-state index contributed by atoms with van der Waals surface area (Å²) in [6, 6.07) is 9.23. The third-order valence-corrected chi connectivity index (χ3v) is 3.97. The third kappa shape index (κ3) is 3.85. The van der Waals surface area contributed by atoms with Gasteiger partial charge >= 0.3 is 0 Å². The van der Waals surface area contributed by atoms with Crippen LogP contribution in [0.5, 0.6) is 28.7 Å². The highest BCUT2D eigenvalue weighted by molar-refractivity contribution is 5.55. The summed E-state index contributed by atoms with van der Waals surface area (Å²) in [5, 5.41) is 10.0. The highest BCUT2D eigenvalue weighted by Crippen LogP contribution is 2.40. The van der Waals surface area contributed by atoms with Crippen molar-refractivity contribution in [3.8, 4) is 28.7 Å². The molecule has 0 heterocycles. The zero-order chi connectivity index (χ0) is 17.5. The highest BCUT2D eigenvalue weighted by atomic mass is 16.5. The van der Waals surface area contributed by atoms with Gasteiger partial charge in [-0.2, -0.15) is 0 Å². The van der Waals surface area contributed by atoms with Crippen molar-refractivity contribution in [2.75, 3.05) is 28.4 Å². The minimum atomic E-state index is 0.258. The lowest BCUT2D eigenvalue weighted by atomic mass is 10.0. The van der Waals surface area contributed by atoms with Crippen molar-refractivity contribution < 1.29 is 24.1 Å². The fourth-order valence-electron chi connectivity index (χ4n) is 2.71. The number of phenols is 1. The van der Waals surface area contributed by atoms with Crippen molar-refractivity contribution in [2.24, 2.45) is 0 Å². The van der Waals surface area contributed by atoms with Crippen LogP contribution in [0.3, 0.4) is 0 Å². The quantitative estimate of drug-likeness (QED) is 0.800. The van der Waals surface area contributed by atoms with Gasteiger partial charge in [0, 0.05) is 6.07 Å².